The largest absolute Gasteiger partial charge is 0.384 e. The Bertz CT molecular complexity index is 104. The van der Waals surface area contributed by atoms with Crippen LogP contribution in [0.25, 0.3) is 0 Å². The maximum atomic E-state index is 10.8. The molecular weight excluding hydrogens is 130 g/mol. The van der Waals surface area contributed by atoms with E-state index in [4.69, 9.17) is 10.8 Å². The summed E-state index contributed by atoms with van der Waals surface area (Å²) in [5.41, 5.74) is 5.07. The van der Waals surface area contributed by atoms with Crippen molar-refractivity contribution >= 4 is 5.78 Å². The second-order valence-electron chi connectivity index (χ2n) is 2.32. The maximum absolute atomic E-state index is 10.8. The maximum Gasteiger partial charge on any atom is 0.162 e. The first kappa shape index (κ1) is 9.59. The highest BCUT2D eigenvalue weighted by Crippen LogP contribution is 1.97. The van der Waals surface area contributed by atoms with E-state index < -0.39 is 6.10 Å². The predicted octanol–water partition coefficient (Wildman–Crippen LogP) is 0.0653. The normalized spacial score (nSPS) is 13.1. The summed E-state index contributed by atoms with van der Waals surface area (Å²) in [6.45, 7) is 2.05. The zero-order chi connectivity index (χ0) is 7.98. The molecule has 0 saturated heterocycles. The van der Waals surface area contributed by atoms with Crippen molar-refractivity contribution in [2.24, 2.45) is 5.73 Å². The quantitative estimate of drug-likeness (QED) is 0.575. The van der Waals surface area contributed by atoms with Gasteiger partial charge in [-0.3, -0.25) is 4.79 Å². The second kappa shape index (κ2) is 5.38. The van der Waals surface area contributed by atoms with Crippen molar-refractivity contribution in [1.82, 2.24) is 0 Å². The summed E-state index contributed by atoms with van der Waals surface area (Å²) >= 11 is 0. The molecular formula is C7H15NO2. The van der Waals surface area contributed by atoms with E-state index in [9.17, 15) is 4.79 Å². The molecule has 60 valence electrons. The molecule has 0 heterocycles. The van der Waals surface area contributed by atoms with Crippen LogP contribution in [-0.2, 0) is 4.79 Å². The molecule has 10 heavy (non-hydrogen) atoms. The Kier molecular flexibility index (Phi) is 5.16. The number of aliphatic hydroxyl groups excluding tert-OH is 1. The molecule has 0 rings (SSSR count). The Balaban J connectivity index is 3.42. The molecule has 3 N–H and O–H groups in total. The van der Waals surface area contributed by atoms with Crippen LogP contribution in [0, 0.1) is 0 Å². The molecule has 3 heteroatoms. The van der Waals surface area contributed by atoms with Gasteiger partial charge in [0.05, 0.1) is 0 Å². The minimum atomic E-state index is -0.938. The van der Waals surface area contributed by atoms with Crippen molar-refractivity contribution in [2.45, 2.75) is 32.3 Å². The molecule has 0 fully saturated rings. The summed E-state index contributed by atoms with van der Waals surface area (Å²) < 4.78 is 0. The molecule has 0 aliphatic rings. The van der Waals surface area contributed by atoms with E-state index in [0.29, 0.717) is 6.42 Å². The van der Waals surface area contributed by atoms with Gasteiger partial charge in [0.2, 0.25) is 0 Å². The molecule has 0 amide bonds. The van der Waals surface area contributed by atoms with Gasteiger partial charge in [-0.05, 0) is 6.42 Å². The van der Waals surface area contributed by atoms with Gasteiger partial charge in [-0.15, -0.1) is 0 Å². The van der Waals surface area contributed by atoms with Crippen LogP contribution in [0.5, 0.6) is 0 Å². The average molecular weight is 145 g/mol. The van der Waals surface area contributed by atoms with Crippen LogP contribution in [0.3, 0.4) is 0 Å². The summed E-state index contributed by atoms with van der Waals surface area (Å²) in [4.78, 5) is 10.8. The Hall–Kier alpha value is -0.410. The van der Waals surface area contributed by atoms with Crippen molar-refractivity contribution in [3.8, 4) is 0 Å². The van der Waals surface area contributed by atoms with Gasteiger partial charge in [-0.2, -0.15) is 0 Å². The van der Waals surface area contributed by atoms with E-state index in [0.717, 1.165) is 12.8 Å². The fourth-order valence-electron chi connectivity index (χ4n) is 0.649. The van der Waals surface area contributed by atoms with Crippen molar-refractivity contribution in [1.29, 1.82) is 0 Å². The molecule has 0 saturated carbocycles. The van der Waals surface area contributed by atoms with Gasteiger partial charge in [-0.25, -0.2) is 0 Å². The van der Waals surface area contributed by atoms with E-state index in [1.165, 1.54) is 0 Å². The third-order valence-corrected chi connectivity index (χ3v) is 1.37. The van der Waals surface area contributed by atoms with Gasteiger partial charge < -0.3 is 10.8 Å². The molecule has 0 aromatic rings. The number of carbonyl (C=O) groups is 1. The third-order valence-electron chi connectivity index (χ3n) is 1.37. The van der Waals surface area contributed by atoms with E-state index in [-0.39, 0.29) is 12.3 Å². The molecule has 0 aromatic carbocycles. The SMILES string of the molecule is CCCCC(=O)C(O)CN. The van der Waals surface area contributed by atoms with Crippen molar-refractivity contribution in [3.63, 3.8) is 0 Å². The molecule has 0 spiro atoms. The highest BCUT2D eigenvalue weighted by Gasteiger charge is 2.10. The van der Waals surface area contributed by atoms with Crippen LogP contribution < -0.4 is 5.73 Å². The van der Waals surface area contributed by atoms with E-state index >= 15 is 0 Å². The van der Waals surface area contributed by atoms with E-state index in [1.54, 1.807) is 0 Å². The number of Topliss-reactive ketones (excluding diaryl/α,β-unsaturated/α-hetero) is 1. The first-order chi connectivity index (χ1) is 4.72. The molecule has 1 atom stereocenters. The number of hydrogen-bond donors (Lipinski definition) is 2. The summed E-state index contributed by atoms with van der Waals surface area (Å²) in [7, 11) is 0. The lowest BCUT2D eigenvalue weighted by Gasteiger charge is -2.04. The highest BCUT2D eigenvalue weighted by atomic mass is 16.3. The monoisotopic (exact) mass is 145 g/mol. The van der Waals surface area contributed by atoms with Crippen LogP contribution in [0.1, 0.15) is 26.2 Å². The van der Waals surface area contributed by atoms with E-state index in [1.807, 2.05) is 6.92 Å². The molecule has 0 bridgehead atoms. The predicted molar refractivity (Wildman–Crippen MR) is 39.6 cm³/mol. The number of hydrogen-bond acceptors (Lipinski definition) is 3. The molecule has 1 unspecified atom stereocenters. The fraction of sp³-hybridized carbons (Fsp3) is 0.857. The lowest BCUT2D eigenvalue weighted by Crippen LogP contribution is -2.28. The van der Waals surface area contributed by atoms with Crippen LogP contribution in [-0.4, -0.2) is 23.5 Å². The highest BCUT2D eigenvalue weighted by molar-refractivity contribution is 5.82. The number of ketones is 1. The fourth-order valence-corrected chi connectivity index (χ4v) is 0.649. The smallest absolute Gasteiger partial charge is 0.162 e. The van der Waals surface area contributed by atoms with Gasteiger partial charge in [0.15, 0.2) is 5.78 Å². The Labute approximate surface area is 61.2 Å². The molecule has 0 radical (unpaired) electrons. The van der Waals surface area contributed by atoms with Crippen molar-refractivity contribution in [2.75, 3.05) is 6.54 Å². The zero-order valence-electron chi connectivity index (χ0n) is 6.34. The number of rotatable bonds is 5. The van der Waals surface area contributed by atoms with Crippen LogP contribution in [0.15, 0.2) is 0 Å². The summed E-state index contributed by atoms with van der Waals surface area (Å²) in [6.07, 6.45) is 1.33. The minimum Gasteiger partial charge on any atom is -0.384 e. The van der Waals surface area contributed by atoms with Crippen LogP contribution in [0.4, 0.5) is 0 Å². The first-order valence-electron chi connectivity index (χ1n) is 3.63. The standard InChI is InChI=1S/C7H15NO2/c1-2-3-4-6(9)7(10)5-8/h7,10H,2-5,8H2,1H3. The van der Waals surface area contributed by atoms with Crippen LogP contribution in [0.2, 0.25) is 0 Å². The van der Waals surface area contributed by atoms with Gasteiger partial charge in [0, 0.05) is 13.0 Å². The summed E-state index contributed by atoms with van der Waals surface area (Å²) in [5.74, 6) is -0.135. The number of carbonyl (C=O) groups excluding carboxylic acids is 1. The lowest BCUT2D eigenvalue weighted by molar-refractivity contribution is -0.126. The average Bonchev–Trinajstić information content (AvgIpc) is 1.98. The molecule has 0 aliphatic heterocycles. The Morgan fingerprint density at radius 3 is 2.70 bits per heavy atom. The van der Waals surface area contributed by atoms with Gasteiger partial charge >= 0.3 is 0 Å². The summed E-state index contributed by atoms with van der Waals surface area (Å²) in [6, 6.07) is 0. The number of unbranched alkanes of at least 4 members (excludes halogenated alkanes) is 1. The summed E-state index contributed by atoms with van der Waals surface area (Å²) in [5, 5.41) is 8.88. The lowest BCUT2D eigenvalue weighted by atomic mass is 10.1. The minimum absolute atomic E-state index is 0.0442. The number of nitrogens with two attached hydrogens (primary N) is 1. The van der Waals surface area contributed by atoms with Crippen molar-refractivity contribution in [3.05, 3.63) is 0 Å². The van der Waals surface area contributed by atoms with Crippen molar-refractivity contribution < 1.29 is 9.90 Å². The zero-order valence-corrected chi connectivity index (χ0v) is 6.34. The van der Waals surface area contributed by atoms with Gasteiger partial charge in [-0.1, -0.05) is 13.3 Å². The Morgan fingerprint density at radius 2 is 2.30 bits per heavy atom. The van der Waals surface area contributed by atoms with Gasteiger partial charge in [0.25, 0.3) is 0 Å². The first-order valence-corrected chi connectivity index (χ1v) is 3.63. The topological polar surface area (TPSA) is 63.3 Å². The molecule has 3 nitrogen and oxygen atoms in total. The van der Waals surface area contributed by atoms with Gasteiger partial charge in [0.1, 0.15) is 6.10 Å². The van der Waals surface area contributed by atoms with E-state index in [2.05, 4.69) is 0 Å². The molecule has 0 aliphatic carbocycles. The molecule has 0 aromatic heterocycles. The third kappa shape index (κ3) is 3.58. The van der Waals surface area contributed by atoms with Crippen LogP contribution >= 0.6 is 0 Å². The second-order valence-corrected chi connectivity index (χ2v) is 2.32. The number of aliphatic hydroxyl groups is 1. The Morgan fingerprint density at radius 1 is 1.70 bits per heavy atom.